The van der Waals surface area contributed by atoms with Crippen LogP contribution in [0.15, 0.2) is 47.4 Å². The number of hydrogen-bond acceptors (Lipinski definition) is 6. The molecule has 166 valence electrons. The highest BCUT2D eigenvalue weighted by Crippen LogP contribution is 2.38. The van der Waals surface area contributed by atoms with Crippen LogP contribution in [0.3, 0.4) is 0 Å². The number of nitrogens with zero attached hydrogens (tertiary/aromatic N) is 2. The molecule has 12 heteroatoms. The molecule has 3 aromatic rings. The molecule has 0 aliphatic carbocycles. The van der Waals surface area contributed by atoms with Gasteiger partial charge in [-0.15, -0.1) is 0 Å². The summed E-state index contributed by atoms with van der Waals surface area (Å²) < 4.78 is 75.0. The number of ether oxygens (including phenoxy) is 2. The fourth-order valence-electron chi connectivity index (χ4n) is 3.02. The number of alkyl halides is 3. The molecule has 0 radical (unpaired) electrons. The van der Waals surface area contributed by atoms with Crippen LogP contribution in [-0.4, -0.2) is 37.5 Å². The minimum absolute atomic E-state index is 0.0269. The number of rotatable bonds is 6. The second kappa shape index (κ2) is 8.21. The summed E-state index contributed by atoms with van der Waals surface area (Å²) in [5, 5.41) is 18.3. The number of hydrogen-bond donors (Lipinski definition) is 2. The van der Waals surface area contributed by atoms with E-state index < -0.39 is 28.5 Å². The van der Waals surface area contributed by atoms with Crippen LogP contribution in [0.5, 0.6) is 11.5 Å². The zero-order valence-corrected chi connectivity index (χ0v) is 17.2. The Morgan fingerprint density at radius 1 is 1.10 bits per heavy atom. The Balaban J connectivity index is 2.28. The van der Waals surface area contributed by atoms with E-state index in [4.69, 9.17) is 14.6 Å². The van der Waals surface area contributed by atoms with E-state index in [2.05, 4.69) is 5.10 Å². The maximum Gasteiger partial charge on any atom is 0.435 e. The SMILES string of the molecule is COc1ccc(-c2cc(C(F)(F)F)nn2-c2ccc(S(N)(=O)=O)c(CO)c2)c(OC)c1. The molecule has 0 spiro atoms. The highest BCUT2D eigenvalue weighted by Gasteiger charge is 2.36. The molecule has 1 heterocycles. The van der Waals surface area contributed by atoms with E-state index in [-0.39, 0.29) is 33.2 Å². The highest BCUT2D eigenvalue weighted by atomic mass is 32.2. The summed E-state index contributed by atoms with van der Waals surface area (Å²) in [4.78, 5) is -0.342. The number of halogens is 3. The number of benzene rings is 2. The van der Waals surface area contributed by atoms with Crippen LogP contribution in [0.2, 0.25) is 0 Å². The largest absolute Gasteiger partial charge is 0.497 e. The van der Waals surface area contributed by atoms with Crippen molar-refractivity contribution in [3.8, 4) is 28.4 Å². The van der Waals surface area contributed by atoms with Crippen molar-refractivity contribution in [3.63, 3.8) is 0 Å². The zero-order valence-electron chi connectivity index (χ0n) is 16.3. The summed E-state index contributed by atoms with van der Waals surface area (Å²) in [6.07, 6.45) is -4.74. The van der Waals surface area contributed by atoms with E-state index in [9.17, 15) is 26.7 Å². The van der Waals surface area contributed by atoms with Crippen molar-refractivity contribution < 1.29 is 36.2 Å². The molecule has 0 atom stereocenters. The van der Waals surface area contributed by atoms with Gasteiger partial charge in [-0.2, -0.15) is 18.3 Å². The molecule has 1 aromatic heterocycles. The first kappa shape index (κ1) is 22.6. The third kappa shape index (κ3) is 4.50. The lowest BCUT2D eigenvalue weighted by molar-refractivity contribution is -0.141. The molecular formula is C19H18F3N3O5S. The minimum atomic E-state index is -4.74. The monoisotopic (exact) mass is 457 g/mol. The number of nitrogens with two attached hydrogens (primary N) is 1. The van der Waals surface area contributed by atoms with Crippen LogP contribution < -0.4 is 14.6 Å². The molecule has 0 amide bonds. The van der Waals surface area contributed by atoms with Crippen molar-refractivity contribution in [1.29, 1.82) is 0 Å². The van der Waals surface area contributed by atoms with Gasteiger partial charge >= 0.3 is 6.18 Å². The third-order valence-corrected chi connectivity index (χ3v) is 5.46. The maximum atomic E-state index is 13.4. The topological polar surface area (TPSA) is 117 Å². The molecular weight excluding hydrogens is 439 g/mol. The summed E-state index contributed by atoms with van der Waals surface area (Å²) >= 11 is 0. The fourth-order valence-corrected chi connectivity index (χ4v) is 3.76. The van der Waals surface area contributed by atoms with Crippen molar-refractivity contribution in [2.75, 3.05) is 14.2 Å². The number of methoxy groups -OCH3 is 2. The predicted molar refractivity (Wildman–Crippen MR) is 104 cm³/mol. The number of aliphatic hydroxyl groups is 1. The van der Waals surface area contributed by atoms with Gasteiger partial charge in [-0.25, -0.2) is 18.2 Å². The van der Waals surface area contributed by atoms with E-state index in [0.29, 0.717) is 5.75 Å². The van der Waals surface area contributed by atoms with Gasteiger partial charge < -0.3 is 14.6 Å². The number of aromatic nitrogens is 2. The first-order valence-electron chi connectivity index (χ1n) is 8.66. The van der Waals surface area contributed by atoms with E-state index in [0.717, 1.165) is 16.8 Å². The van der Waals surface area contributed by atoms with Crippen LogP contribution in [0.1, 0.15) is 11.3 Å². The molecule has 3 rings (SSSR count). The third-order valence-electron chi connectivity index (χ3n) is 4.45. The lowest BCUT2D eigenvalue weighted by Crippen LogP contribution is -2.15. The Bertz CT molecular complexity index is 1220. The Morgan fingerprint density at radius 3 is 2.35 bits per heavy atom. The van der Waals surface area contributed by atoms with Crippen LogP contribution in [0.4, 0.5) is 13.2 Å². The first-order valence-corrected chi connectivity index (χ1v) is 10.2. The molecule has 0 saturated carbocycles. The average Bonchev–Trinajstić information content (AvgIpc) is 3.17. The van der Waals surface area contributed by atoms with Crippen molar-refractivity contribution in [3.05, 3.63) is 53.7 Å². The van der Waals surface area contributed by atoms with Crippen LogP contribution in [0, 0.1) is 0 Å². The summed E-state index contributed by atoms with van der Waals surface area (Å²) in [7, 11) is -1.36. The van der Waals surface area contributed by atoms with Crippen molar-refractivity contribution in [1.82, 2.24) is 9.78 Å². The Hall–Kier alpha value is -3.09. The van der Waals surface area contributed by atoms with Gasteiger partial charge in [-0.05, 0) is 42.0 Å². The molecule has 2 aromatic carbocycles. The summed E-state index contributed by atoms with van der Waals surface area (Å²) in [6.45, 7) is -0.700. The van der Waals surface area contributed by atoms with E-state index in [1.54, 1.807) is 6.07 Å². The molecule has 8 nitrogen and oxygen atoms in total. The molecule has 0 fully saturated rings. The number of primary sulfonamides is 1. The summed E-state index contributed by atoms with van der Waals surface area (Å²) in [5.74, 6) is 0.667. The highest BCUT2D eigenvalue weighted by molar-refractivity contribution is 7.89. The van der Waals surface area contributed by atoms with Crippen molar-refractivity contribution in [2.24, 2.45) is 5.14 Å². The van der Waals surface area contributed by atoms with E-state index >= 15 is 0 Å². The fraction of sp³-hybridized carbons (Fsp3) is 0.211. The minimum Gasteiger partial charge on any atom is -0.497 e. The molecule has 0 saturated heterocycles. The van der Waals surface area contributed by atoms with Gasteiger partial charge in [0.05, 0.1) is 37.1 Å². The Labute approximate surface area is 175 Å². The van der Waals surface area contributed by atoms with Gasteiger partial charge in [0.25, 0.3) is 0 Å². The quantitative estimate of drug-likeness (QED) is 0.588. The second-order valence-corrected chi connectivity index (χ2v) is 7.92. The second-order valence-electron chi connectivity index (χ2n) is 6.39. The van der Waals surface area contributed by atoms with E-state index in [1.165, 1.54) is 38.5 Å². The Kier molecular flexibility index (Phi) is 5.98. The smallest absolute Gasteiger partial charge is 0.435 e. The van der Waals surface area contributed by atoms with Gasteiger partial charge in [0.15, 0.2) is 5.69 Å². The number of sulfonamides is 1. The first-order chi connectivity index (χ1) is 14.5. The normalized spacial score (nSPS) is 12.1. The lowest BCUT2D eigenvalue weighted by Gasteiger charge is -2.14. The molecule has 3 N–H and O–H groups in total. The molecule has 0 unspecified atom stereocenters. The van der Waals surface area contributed by atoms with Crippen LogP contribution in [-0.2, 0) is 22.8 Å². The summed E-state index contributed by atoms with van der Waals surface area (Å²) in [6, 6.07) is 8.95. The molecule has 0 aliphatic heterocycles. The molecule has 0 bridgehead atoms. The molecule has 0 aliphatic rings. The summed E-state index contributed by atoms with van der Waals surface area (Å²) in [5.41, 5.74) is -0.857. The molecule has 31 heavy (non-hydrogen) atoms. The average molecular weight is 457 g/mol. The van der Waals surface area contributed by atoms with Crippen molar-refractivity contribution >= 4 is 10.0 Å². The van der Waals surface area contributed by atoms with Gasteiger partial charge in [-0.1, -0.05) is 0 Å². The van der Waals surface area contributed by atoms with Gasteiger partial charge in [0, 0.05) is 11.6 Å². The zero-order chi connectivity index (χ0) is 23.0. The van der Waals surface area contributed by atoms with Crippen LogP contribution in [0.25, 0.3) is 16.9 Å². The Morgan fingerprint density at radius 2 is 1.81 bits per heavy atom. The van der Waals surface area contributed by atoms with Crippen molar-refractivity contribution in [2.45, 2.75) is 17.7 Å². The van der Waals surface area contributed by atoms with Gasteiger partial charge in [-0.3, -0.25) is 0 Å². The van der Waals surface area contributed by atoms with Gasteiger partial charge in [0.2, 0.25) is 10.0 Å². The van der Waals surface area contributed by atoms with E-state index in [1.807, 2.05) is 0 Å². The number of aliphatic hydroxyl groups excluding tert-OH is 1. The van der Waals surface area contributed by atoms with Crippen LogP contribution >= 0.6 is 0 Å². The standard InChI is InChI=1S/C19H18F3N3O5S/c1-29-13-4-5-14(16(8-13)30-2)15-9-18(19(20,21)22)24-25(15)12-3-6-17(31(23,27)28)11(7-12)10-26/h3-9,26H,10H2,1-2H3,(H2,23,27,28). The maximum absolute atomic E-state index is 13.4. The van der Waals surface area contributed by atoms with Gasteiger partial charge in [0.1, 0.15) is 11.5 Å². The predicted octanol–water partition coefficient (Wildman–Crippen LogP) is 2.72. The lowest BCUT2D eigenvalue weighted by atomic mass is 10.1.